The van der Waals surface area contributed by atoms with E-state index < -0.39 is 0 Å². The summed E-state index contributed by atoms with van der Waals surface area (Å²) in [5, 5.41) is 3.25. The molecular weight excluding hydrogens is 344 g/mol. The van der Waals surface area contributed by atoms with Crippen molar-refractivity contribution in [2.24, 2.45) is 0 Å². The summed E-state index contributed by atoms with van der Waals surface area (Å²) >= 11 is 9.26. The molecule has 3 N–H and O–H groups in total. The molecular formula is C14H12BrClN2O2. The van der Waals surface area contributed by atoms with Gasteiger partial charge in [0.25, 0.3) is 5.91 Å². The number of anilines is 2. The van der Waals surface area contributed by atoms with Crippen LogP contribution in [0.3, 0.4) is 0 Å². The molecule has 0 heterocycles. The van der Waals surface area contributed by atoms with Crippen molar-refractivity contribution in [1.82, 2.24) is 0 Å². The SMILES string of the molecule is COc1cc(NC(=O)c2cc(N)ccc2Br)ccc1Cl. The van der Waals surface area contributed by atoms with Crippen LogP contribution in [0.5, 0.6) is 5.75 Å². The number of ether oxygens (including phenoxy) is 1. The summed E-state index contributed by atoms with van der Waals surface area (Å²) in [6.45, 7) is 0. The number of rotatable bonds is 3. The largest absolute Gasteiger partial charge is 0.495 e. The maximum absolute atomic E-state index is 12.2. The molecule has 0 aliphatic carbocycles. The lowest BCUT2D eigenvalue weighted by Gasteiger charge is -2.10. The molecule has 0 saturated heterocycles. The molecule has 0 atom stereocenters. The van der Waals surface area contributed by atoms with E-state index in [-0.39, 0.29) is 5.91 Å². The Hall–Kier alpha value is -1.72. The van der Waals surface area contributed by atoms with Gasteiger partial charge in [0.05, 0.1) is 17.7 Å². The van der Waals surface area contributed by atoms with E-state index in [1.165, 1.54) is 7.11 Å². The fourth-order valence-electron chi connectivity index (χ4n) is 1.65. The number of benzene rings is 2. The van der Waals surface area contributed by atoms with Crippen LogP contribution < -0.4 is 15.8 Å². The number of hydrogen-bond acceptors (Lipinski definition) is 3. The van der Waals surface area contributed by atoms with E-state index in [4.69, 9.17) is 22.1 Å². The van der Waals surface area contributed by atoms with Gasteiger partial charge in [0.2, 0.25) is 0 Å². The monoisotopic (exact) mass is 354 g/mol. The first-order valence-electron chi connectivity index (χ1n) is 5.71. The summed E-state index contributed by atoms with van der Waals surface area (Å²) < 4.78 is 5.77. The van der Waals surface area contributed by atoms with E-state index in [2.05, 4.69) is 21.2 Å². The Kier molecular flexibility index (Phi) is 4.52. The Labute approximate surface area is 130 Å². The lowest BCUT2D eigenvalue weighted by Crippen LogP contribution is -2.13. The first-order valence-corrected chi connectivity index (χ1v) is 6.88. The zero-order valence-electron chi connectivity index (χ0n) is 10.6. The second kappa shape index (κ2) is 6.15. The highest BCUT2D eigenvalue weighted by Crippen LogP contribution is 2.28. The van der Waals surface area contributed by atoms with Crippen molar-refractivity contribution in [3.05, 3.63) is 51.5 Å². The molecule has 0 aromatic heterocycles. The van der Waals surface area contributed by atoms with E-state index in [1.54, 1.807) is 36.4 Å². The summed E-state index contributed by atoms with van der Waals surface area (Å²) in [5.41, 5.74) is 7.25. The molecule has 20 heavy (non-hydrogen) atoms. The molecule has 2 aromatic carbocycles. The Morgan fingerprint density at radius 3 is 2.75 bits per heavy atom. The van der Waals surface area contributed by atoms with E-state index in [0.29, 0.717) is 32.2 Å². The third kappa shape index (κ3) is 3.23. The average molecular weight is 356 g/mol. The Balaban J connectivity index is 2.25. The summed E-state index contributed by atoms with van der Waals surface area (Å²) in [7, 11) is 1.52. The lowest BCUT2D eigenvalue weighted by atomic mass is 10.2. The zero-order chi connectivity index (χ0) is 14.7. The van der Waals surface area contributed by atoms with Gasteiger partial charge in [-0.3, -0.25) is 4.79 Å². The fraction of sp³-hybridized carbons (Fsp3) is 0.0714. The van der Waals surface area contributed by atoms with Crippen LogP contribution in [0, 0.1) is 0 Å². The number of hydrogen-bond donors (Lipinski definition) is 2. The van der Waals surface area contributed by atoms with Gasteiger partial charge in [-0.05, 0) is 46.3 Å². The van der Waals surface area contributed by atoms with Crippen LogP contribution in [0.4, 0.5) is 11.4 Å². The molecule has 0 saturated carbocycles. The molecule has 0 spiro atoms. The van der Waals surface area contributed by atoms with Crippen LogP contribution in [0.25, 0.3) is 0 Å². The minimum absolute atomic E-state index is 0.270. The number of carbonyl (C=O) groups is 1. The number of carbonyl (C=O) groups excluding carboxylic acids is 1. The summed E-state index contributed by atoms with van der Waals surface area (Å²) in [6, 6.07) is 10.1. The standard InChI is InChI=1S/C14H12BrClN2O2/c1-20-13-7-9(3-5-12(13)16)18-14(19)10-6-8(17)2-4-11(10)15/h2-7H,17H2,1H3,(H,18,19). The normalized spacial score (nSPS) is 10.2. The summed E-state index contributed by atoms with van der Waals surface area (Å²) in [4.78, 5) is 12.2. The van der Waals surface area contributed by atoms with E-state index in [1.807, 2.05) is 0 Å². The summed E-state index contributed by atoms with van der Waals surface area (Å²) in [6.07, 6.45) is 0. The fourth-order valence-corrected chi connectivity index (χ4v) is 2.27. The number of nitrogens with two attached hydrogens (primary N) is 1. The number of halogens is 2. The Bertz CT molecular complexity index is 662. The van der Waals surface area contributed by atoms with Crippen molar-refractivity contribution in [1.29, 1.82) is 0 Å². The van der Waals surface area contributed by atoms with Gasteiger partial charge in [-0.15, -0.1) is 0 Å². The van der Waals surface area contributed by atoms with Crippen LogP contribution in [0.1, 0.15) is 10.4 Å². The minimum atomic E-state index is -0.270. The molecule has 1 amide bonds. The topological polar surface area (TPSA) is 64.3 Å². The van der Waals surface area contributed by atoms with Crippen LogP contribution in [0.15, 0.2) is 40.9 Å². The lowest BCUT2D eigenvalue weighted by molar-refractivity contribution is 0.102. The number of nitrogen functional groups attached to an aromatic ring is 1. The highest BCUT2D eigenvalue weighted by Gasteiger charge is 2.11. The molecule has 0 unspecified atom stereocenters. The quantitative estimate of drug-likeness (QED) is 0.820. The zero-order valence-corrected chi connectivity index (χ0v) is 13.0. The maximum Gasteiger partial charge on any atom is 0.256 e. The van der Waals surface area contributed by atoms with Crippen LogP contribution in [0.2, 0.25) is 5.02 Å². The van der Waals surface area contributed by atoms with Crippen LogP contribution in [-0.2, 0) is 0 Å². The second-order valence-corrected chi connectivity index (χ2v) is 5.30. The van der Waals surface area contributed by atoms with Crippen LogP contribution in [-0.4, -0.2) is 13.0 Å². The van der Waals surface area contributed by atoms with E-state index in [0.717, 1.165) is 0 Å². The van der Waals surface area contributed by atoms with Gasteiger partial charge in [0.15, 0.2) is 0 Å². The predicted molar refractivity (Wildman–Crippen MR) is 84.5 cm³/mol. The van der Waals surface area contributed by atoms with Gasteiger partial charge in [-0.1, -0.05) is 11.6 Å². The molecule has 4 nitrogen and oxygen atoms in total. The maximum atomic E-state index is 12.2. The molecule has 0 aliphatic heterocycles. The third-order valence-electron chi connectivity index (χ3n) is 2.64. The van der Waals surface area contributed by atoms with E-state index in [9.17, 15) is 4.79 Å². The molecule has 0 radical (unpaired) electrons. The smallest absolute Gasteiger partial charge is 0.256 e. The average Bonchev–Trinajstić information content (AvgIpc) is 2.43. The highest BCUT2D eigenvalue weighted by atomic mass is 79.9. The Morgan fingerprint density at radius 1 is 1.30 bits per heavy atom. The first kappa shape index (κ1) is 14.7. The molecule has 104 valence electrons. The highest BCUT2D eigenvalue weighted by molar-refractivity contribution is 9.10. The Morgan fingerprint density at radius 2 is 2.05 bits per heavy atom. The molecule has 6 heteroatoms. The third-order valence-corrected chi connectivity index (χ3v) is 3.65. The number of methoxy groups -OCH3 is 1. The molecule has 0 fully saturated rings. The molecule has 2 aromatic rings. The minimum Gasteiger partial charge on any atom is -0.495 e. The second-order valence-electron chi connectivity index (χ2n) is 4.04. The van der Waals surface area contributed by atoms with Crippen molar-refractivity contribution >= 4 is 44.8 Å². The van der Waals surface area contributed by atoms with Crippen molar-refractivity contribution in [2.75, 3.05) is 18.2 Å². The van der Waals surface area contributed by atoms with Gasteiger partial charge in [-0.2, -0.15) is 0 Å². The van der Waals surface area contributed by atoms with Gasteiger partial charge >= 0.3 is 0 Å². The number of nitrogens with one attached hydrogen (secondary N) is 1. The van der Waals surface area contributed by atoms with Gasteiger partial charge in [0, 0.05) is 21.9 Å². The first-order chi connectivity index (χ1) is 9.51. The van der Waals surface area contributed by atoms with Crippen LogP contribution >= 0.6 is 27.5 Å². The molecule has 2 rings (SSSR count). The van der Waals surface area contributed by atoms with E-state index >= 15 is 0 Å². The van der Waals surface area contributed by atoms with Crippen molar-refractivity contribution < 1.29 is 9.53 Å². The van der Waals surface area contributed by atoms with Gasteiger partial charge in [0.1, 0.15) is 5.75 Å². The van der Waals surface area contributed by atoms with Crippen molar-refractivity contribution in [2.45, 2.75) is 0 Å². The summed E-state index contributed by atoms with van der Waals surface area (Å²) in [5.74, 6) is 0.227. The van der Waals surface area contributed by atoms with Crippen molar-refractivity contribution in [3.63, 3.8) is 0 Å². The number of amides is 1. The van der Waals surface area contributed by atoms with Gasteiger partial charge < -0.3 is 15.8 Å². The van der Waals surface area contributed by atoms with Crippen molar-refractivity contribution in [3.8, 4) is 5.75 Å². The predicted octanol–water partition coefficient (Wildman–Crippen LogP) is 3.95. The van der Waals surface area contributed by atoms with Gasteiger partial charge in [-0.25, -0.2) is 0 Å². The molecule has 0 aliphatic rings. The molecule has 0 bridgehead atoms.